The van der Waals surface area contributed by atoms with Crippen LogP contribution >= 0.6 is 11.8 Å². The number of hydrogen-bond acceptors (Lipinski definition) is 3. The number of nitrogens with two attached hydrogens (primary N) is 1. The molecule has 1 heterocycles. The monoisotopic (exact) mass is 278 g/mol. The lowest BCUT2D eigenvalue weighted by Crippen LogP contribution is -2.35. The molecule has 1 saturated heterocycles. The number of carbonyl (C=O) groups excluding carboxylic acids is 1. The Balaban J connectivity index is 2.15. The number of rotatable bonds is 3. The summed E-state index contributed by atoms with van der Waals surface area (Å²) in [4.78, 5) is 11.4. The lowest BCUT2D eigenvalue weighted by atomic mass is 9.87. The summed E-state index contributed by atoms with van der Waals surface area (Å²) in [6.07, 6.45) is 1.15. The third-order valence-corrected chi connectivity index (χ3v) is 5.19. The predicted molar refractivity (Wildman–Crippen MR) is 82.8 cm³/mol. The van der Waals surface area contributed by atoms with Crippen LogP contribution in [-0.2, 0) is 0 Å². The van der Waals surface area contributed by atoms with E-state index in [9.17, 15) is 4.79 Å². The minimum atomic E-state index is -0.362. The van der Waals surface area contributed by atoms with Gasteiger partial charge in [0.1, 0.15) is 0 Å². The number of amides is 1. The molecule has 19 heavy (non-hydrogen) atoms. The van der Waals surface area contributed by atoms with Gasteiger partial charge in [0.15, 0.2) is 0 Å². The highest BCUT2D eigenvalue weighted by Crippen LogP contribution is 2.35. The Kier molecular flexibility index (Phi) is 4.09. The van der Waals surface area contributed by atoms with Gasteiger partial charge in [0.25, 0.3) is 0 Å². The van der Waals surface area contributed by atoms with E-state index in [-0.39, 0.29) is 5.91 Å². The summed E-state index contributed by atoms with van der Waals surface area (Å²) in [6, 6.07) is 6.14. The molecule has 0 aromatic heterocycles. The van der Waals surface area contributed by atoms with Crippen molar-refractivity contribution in [3.63, 3.8) is 0 Å². The summed E-state index contributed by atoms with van der Waals surface area (Å²) in [6.45, 7) is 6.56. The number of hydrogen-bond donors (Lipinski definition) is 2. The molecular weight excluding hydrogens is 256 g/mol. The number of anilines is 1. The van der Waals surface area contributed by atoms with Crippen LogP contribution in [0, 0.1) is 12.3 Å². The molecule has 1 aromatic carbocycles. The second-order valence-electron chi connectivity index (χ2n) is 6.07. The van der Waals surface area contributed by atoms with Crippen LogP contribution < -0.4 is 11.1 Å². The topological polar surface area (TPSA) is 55.1 Å². The van der Waals surface area contributed by atoms with Crippen molar-refractivity contribution in [3.8, 4) is 0 Å². The molecule has 1 fully saturated rings. The van der Waals surface area contributed by atoms with Crippen molar-refractivity contribution in [1.82, 2.24) is 0 Å². The lowest BCUT2D eigenvalue weighted by molar-refractivity contribution is 0.0999. The maximum absolute atomic E-state index is 11.4. The van der Waals surface area contributed by atoms with Gasteiger partial charge < -0.3 is 11.1 Å². The van der Waals surface area contributed by atoms with Crippen LogP contribution in [0.15, 0.2) is 18.2 Å². The first-order valence-electron chi connectivity index (χ1n) is 6.63. The van der Waals surface area contributed by atoms with Crippen LogP contribution in [0.25, 0.3) is 0 Å². The normalized spacial score (nSPS) is 21.9. The van der Waals surface area contributed by atoms with Gasteiger partial charge in [-0.15, -0.1) is 0 Å². The van der Waals surface area contributed by atoms with Gasteiger partial charge in [-0.05, 0) is 42.2 Å². The zero-order valence-corrected chi connectivity index (χ0v) is 12.6. The third kappa shape index (κ3) is 3.44. The van der Waals surface area contributed by atoms with E-state index >= 15 is 0 Å². The quantitative estimate of drug-likeness (QED) is 0.893. The molecule has 1 amide bonds. The number of primary amides is 1. The van der Waals surface area contributed by atoms with Gasteiger partial charge in [0, 0.05) is 23.0 Å². The highest BCUT2D eigenvalue weighted by Gasteiger charge is 2.28. The molecule has 3 nitrogen and oxygen atoms in total. The summed E-state index contributed by atoms with van der Waals surface area (Å²) in [5, 5.41) is 3.57. The average Bonchev–Trinajstić information content (AvgIpc) is 2.30. The Morgan fingerprint density at radius 1 is 1.47 bits per heavy atom. The molecule has 1 aromatic rings. The molecule has 0 bridgehead atoms. The summed E-state index contributed by atoms with van der Waals surface area (Å²) in [5.41, 5.74) is 8.34. The summed E-state index contributed by atoms with van der Waals surface area (Å²) < 4.78 is 0. The van der Waals surface area contributed by atoms with E-state index < -0.39 is 0 Å². The molecule has 0 aliphatic carbocycles. The zero-order valence-electron chi connectivity index (χ0n) is 11.8. The Bertz CT molecular complexity index is 485. The third-order valence-electron chi connectivity index (χ3n) is 3.57. The van der Waals surface area contributed by atoms with Crippen molar-refractivity contribution >= 4 is 23.4 Å². The molecule has 2 rings (SSSR count). The van der Waals surface area contributed by atoms with Gasteiger partial charge >= 0.3 is 0 Å². The standard InChI is InChI=1S/C15H22N2OS/c1-10-12(14(16)18)5-4-6-13(10)17-11-7-15(2,3)9-19-8-11/h4-6,11,17H,7-9H2,1-3H3,(H2,16,18). The van der Waals surface area contributed by atoms with Gasteiger partial charge in [-0.25, -0.2) is 0 Å². The smallest absolute Gasteiger partial charge is 0.249 e. The molecular formula is C15H22N2OS. The molecule has 0 radical (unpaired) electrons. The van der Waals surface area contributed by atoms with Crippen molar-refractivity contribution in [1.29, 1.82) is 0 Å². The first kappa shape index (κ1) is 14.3. The van der Waals surface area contributed by atoms with Crippen molar-refractivity contribution < 1.29 is 4.79 Å². The van der Waals surface area contributed by atoms with Crippen LogP contribution in [0.2, 0.25) is 0 Å². The number of carbonyl (C=O) groups is 1. The van der Waals surface area contributed by atoms with E-state index in [0.717, 1.165) is 23.4 Å². The van der Waals surface area contributed by atoms with Crippen molar-refractivity contribution in [3.05, 3.63) is 29.3 Å². The predicted octanol–water partition coefficient (Wildman–Crippen LogP) is 3.04. The minimum absolute atomic E-state index is 0.362. The fourth-order valence-corrected chi connectivity index (χ4v) is 3.91. The molecule has 1 aliphatic rings. The van der Waals surface area contributed by atoms with Crippen molar-refractivity contribution in [2.75, 3.05) is 16.8 Å². The number of nitrogens with one attached hydrogen (secondary N) is 1. The molecule has 1 atom stereocenters. The Morgan fingerprint density at radius 3 is 2.84 bits per heavy atom. The molecule has 104 valence electrons. The summed E-state index contributed by atoms with van der Waals surface area (Å²) in [5.74, 6) is 1.97. The van der Waals surface area contributed by atoms with E-state index in [0.29, 0.717) is 17.0 Å². The van der Waals surface area contributed by atoms with E-state index in [1.807, 2.05) is 30.8 Å². The van der Waals surface area contributed by atoms with E-state index in [4.69, 9.17) is 5.73 Å². The zero-order chi connectivity index (χ0) is 14.0. The highest BCUT2D eigenvalue weighted by molar-refractivity contribution is 7.99. The van der Waals surface area contributed by atoms with Crippen LogP contribution in [0.5, 0.6) is 0 Å². The maximum Gasteiger partial charge on any atom is 0.249 e. The fourth-order valence-electron chi connectivity index (χ4n) is 2.63. The SMILES string of the molecule is Cc1c(NC2CSCC(C)(C)C2)cccc1C(N)=O. The van der Waals surface area contributed by atoms with Crippen molar-refractivity contribution in [2.45, 2.75) is 33.2 Å². The second-order valence-corrected chi connectivity index (χ2v) is 7.10. The number of thioether (sulfide) groups is 1. The highest BCUT2D eigenvalue weighted by atomic mass is 32.2. The largest absolute Gasteiger partial charge is 0.381 e. The van der Waals surface area contributed by atoms with Crippen LogP contribution in [0.1, 0.15) is 36.2 Å². The minimum Gasteiger partial charge on any atom is -0.381 e. The van der Waals surface area contributed by atoms with E-state index in [1.165, 1.54) is 5.75 Å². The van der Waals surface area contributed by atoms with Gasteiger partial charge in [-0.1, -0.05) is 19.9 Å². The van der Waals surface area contributed by atoms with Gasteiger partial charge in [-0.2, -0.15) is 11.8 Å². The first-order valence-corrected chi connectivity index (χ1v) is 7.78. The molecule has 3 N–H and O–H groups in total. The van der Waals surface area contributed by atoms with Crippen LogP contribution in [0.3, 0.4) is 0 Å². The van der Waals surface area contributed by atoms with Gasteiger partial charge in [0.05, 0.1) is 0 Å². The summed E-state index contributed by atoms with van der Waals surface area (Å²) >= 11 is 1.99. The van der Waals surface area contributed by atoms with Gasteiger partial charge in [0.2, 0.25) is 5.91 Å². The van der Waals surface area contributed by atoms with Crippen molar-refractivity contribution in [2.24, 2.45) is 11.1 Å². The van der Waals surface area contributed by atoms with E-state index in [1.54, 1.807) is 6.07 Å². The summed E-state index contributed by atoms with van der Waals surface area (Å²) in [7, 11) is 0. The molecule has 0 saturated carbocycles. The molecule has 0 spiro atoms. The van der Waals surface area contributed by atoms with E-state index in [2.05, 4.69) is 19.2 Å². The Hall–Kier alpha value is -1.16. The lowest BCUT2D eigenvalue weighted by Gasteiger charge is -2.36. The maximum atomic E-state index is 11.4. The first-order chi connectivity index (χ1) is 8.89. The number of benzene rings is 1. The Morgan fingerprint density at radius 2 is 2.21 bits per heavy atom. The Labute approximate surface area is 119 Å². The molecule has 4 heteroatoms. The van der Waals surface area contributed by atoms with Gasteiger partial charge in [-0.3, -0.25) is 4.79 Å². The second kappa shape index (κ2) is 5.45. The van der Waals surface area contributed by atoms with Crippen LogP contribution in [-0.4, -0.2) is 23.5 Å². The van der Waals surface area contributed by atoms with Crippen LogP contribution in [0.4, 0.5) is 5.69 Å². The molecule has 1 unspecified atom stereocenters. The average molecular weight is 278 g/mol. The molecule has 1 aliphatic heterocycles. The fraction of sp³-hybridized carbons (Fsp3) is 0.533.